The number of sulfone groups is 1. The molecule has 0 aromatic carbocycles. The Hall–Kier alpha value is -1.64. The highest BCUT2D eigenvalue weighted by molar-refractivity contribution is 7.90. The molecule has 8 nitrogen and oxygen atoms in total. The van der Waals surface area contributed by atoms with Crippen molar-refractivity contribution in [3.8, 4) is 0 Å². The Balaban J connectivity index is 2.93. The van der Waals surface area contributed by atoms with Crippen LogP contribution in [0.2, 0.25) is 0 Å². The van der Waals surface area contributed by atoms with Gasteiger partial charge < -0.3 is 14.5 Å². The second-order valence-electron chi connectivity index (χ2n) is 6.05. The van der Waals surface area contributed by atoms with Gasteiger partial charge in [0.2, 0.25) is 15.7 Å². The number of carbonyl (C=O) groups is 1. The molecule has 1 N–H and O–H groups in total. The van der Waals surface area contributed by atoms with Crippen molar-refractivity contribution in [3.63, 3.8) is 0 Å². The maximum Gasteiger partial charge on any atom is 0.408 e. The topological polar surface area (TPSA) is 111 Å². The number of ether oxygens (including phenoxy) is 1. The molecule has 1 heterocycles. The van der Waals surface area contributed by atoms with Crippen molar-refractivity contribution in [3.05, 3.63) is 5.89 Å². The van der Waals surface area contributed by atoms with Gasteiger partial charge in [-0.1, -0.05) is 18.9 Å². The number of amides is 1. The van der Waals surface area contributed by atoms with E-state index >= 15 is 0 Å². The van der Waals surface area contributed by atoms with Gasteiger partial charge in [-0.3, -0.25) is 0 Å². The Labute approximate surface area is 124 Å². The summed E-state index contributed by atoms with van der Waals surface area (Å²) in [6.45, 7) is 8.88. The second-order valence-corrected chi connectivity index (χ2v) is 7.94. The van der Waals surface area contributed by atoms with Crippen LogP contribution in [0.1, 0.15) is 46.6 Å². The molecule has 1 aromatic rings. The number of nitrogens with zero attached hydrogens (tertiary/aromatic N) is 2. The molecule has 0 unspecified atom stereocenters. The summed E-state index contributed by atoms with van der Waals surface area (Å²) in [5.74, 6) is -0.0679. The number of alkyl carbamates (subject to hydrolysis) is 1. The minimum absolute atomic E-state index is 0.0243. The van der Waals surface area contributed by atoms with Crippen molar-refractivity contribution < 1.29 is 22.4 Å². The molecular weight excluding hydrogens is 298 g/mol. The largest absolute Gasteiger partial charge is 0.444 e. The van der Waals surface area contributed by atoms with E-state index in [4.69, 9.17) is 9.15 Å². The van der Waals surface area contributed by atoms with Crippen LogP contribution in [0.15, 0.2) is 9.64 Å². The Kier molecular flexibility index (Phi) is 4.98. The van der Waals surface area contributed by atoms with Gasteiger partial charge in [-0.05, 0) is 26.7 Å². The van der Waals surface area contributed by atoms with Crippen molar-refractivity contribution in [2.24, 2.45) is 5.92 Å². The SMILES string of the molecule is CC(C)[C@H](NC(=O)OC(C)(C)C)c1nnc(S(C)(=O)=O)o1. The van der Waals surface area contributed by atoms with E-state index in [2.05, 4.69) is 15.5 Å². The molecule has 0 saturated carbocycles. The van der Waals surface area contributed by atoms with Gasteiger partial charge in [-0.2, -0.15) is 0 Å². The zero-order valence-corrected chi connectivity index (χ0v) is 13.8. The third-order valence-electron chi connectivity index (χ3n) is 2.34. The summed E-state index contributed by atoms with van der Waals surface area (Å²) in [5, 5.41) is 9.29. The molecule has 1 aromatic heterocycles. The van der Waals surface area contributed by atoms with Crippen LogP contribution in [0, 0.1) is 5.92 Å². The van der Waals surface area contributed by atoms with Gasteiger partial charge >= 0.3 is 11.3 Å². The van der Waals surface area contributed by atoms with Crippen LogP contribution < -0.4 is 5.32 Å². The Bertz CT molecular complexity index is 601. The minimum atomic E-state index is -3.58. The molecule has 0 spiro atoms. The first-order valence-corrected chi connectivity index (χ1v) is 8.32. The van der Waals surface area contributed by atoms with Crippen LogP contribution in [-0.2, 0) is 14.6 Å². The van der Waals surface area contributed by atoms with Crippen molar-refractivity contribution in [2.75, 3.05) is 6.26 Å². The smallest absolute Gasteiger partial charge is 0.408 e. The molecule has 1 atom stereocenters. The quantitative estimate of drug-likeness (QED) is 0.898. The van der Waals surface area contributed by atoms with Crippen molar-refractivity contribution in [1.29, 1.82) is 0 Å². The molecule has 0 saturated heterocycles. The summed E-state index contributed by atoms with van der Waals surface area (Å²) in [5.41, 5.74) is -0.641. The van der Waals surface area contributed by atoms with E-state index in [-0.39, 0.29) is 11.8 Å². The van der Waals surface area contributed by atoms with Crippen LogP contribution in [0.3, 0.4) is 0 Å². The van der Waals surface area contributed by atoms with E-state index in [1.165, 1.54) is 0 Å². The lowest BCUT2D eigenvalue weighted by Crippen LogP contribution is -2.37. The molecule has 0 aliphatic carbocycles. The molecule has 9 heteroatoms. The first-order chi connectivity index (χ1) is 9.40. The highest BCUT2D eigenvalue weighted by atomic mass is 32.2. The summed E-state index contributed by atoms with van der Waals surface area (Å²) in [6.07, 6.45) is 0.330. The van der Waals surface area contributed by atoms with Crippen molar-refractivity contribution >= 4 is 15.9 Å². The zero-order valence-electron chi connectivity index (χ0n) is 13.0. The van der Waals surface area contributed by atoms with E-state index in [0.29, 0.717) is 0 Å². The highest BCUT2D eigenvalue weighted by Crippen LogP contribution is 2.22. The Morgan fingerprint density at radius 1 is 1.29 bits per heavy atom. The molecule has 1 rings (SSSR count). The lowest BCUT2D eigenvalue weighted by Gasteiger charge is -2.23. The lowest BCUT2D eigenvalue weighted by molar-refractivity contribution is 0.0477. The molecule has 0 bridgehead atoms. The zero-order chi connectivity index (χ0) is 16.4. The van der Waals surface area contributed by atoms with Crippen molar-refractivity contribution in [2.45, 2.75) is 51.5 Å². The fourth-order valence-electron chi connectivity index (χ4n) is 1.44. The van der Waals surface area contributed by atoms with Crippen LogP contribution in [0.4, 0.5) is 4.79 Å². The molecule has 120 valence electrons. The number of aromatic nitrogens is 2. The fraction of sp³-hybridized carbons (Fsp3) is 0.750. The number of carbonyl (C=O) groups excluding carboxylic acids is 1. The van der Waals surface area contributed by atoms with Crippen LogP contribution >= 0.6 is 0 Å². The highest BCUT2D eigenvalue weighted by Gasteiger charge is 2.28. The first kappa shape index (κ1) is 17.4. The molecular formula is C12H21N3O5S. The predicted octanol–water partition coefficient (Wildman–Crippen LogP) is 1.69. The summed E-state index contributed by atoms with van der Waals surface area (Å²) in [7, 11) is -3.58. The van der Waals surface area contributed by atoms with Crippen LogP contribution in [0.5, 0.6) is 0 Å². The third kappa shape index (κ3) is 5.33. The third-order valence-corrected chi connectivity index (χ3v) is 3.14. The normalized spacial score (nSPS) is 14.0. The van der Waals surface area contributed by atoms with E-state index in [0.717, 1.165) is 6.26 Å². The standard InChI is InChI=1S/C12H21N3O5S/c1-7(2)8(13-10(16)20-12(3,4)5)9-14-15-11(19-9)21(6,17)18/h7-8H,1-6H3,(H,13,16)/t8-/m0/s1. The van der Waals surface area contributed by atoms with Crippen LogP contribution in [0.25, 0.3) is 0 Å². The second kappa shape index (κ2) is 6.00. The average Bonchev–Trinajstić information content (AvgIpc) is 2.71. The van der Waals surface area contributed by atoms with Gasteiger partial charge in [-0.25, -0.2) is 13.2 Å². The molecule has 0 aliphatic rings. The average molecular weight is 319 g/mol. The summed E-state index contributed by atoms with van der Waals surface area (Å²) >= 11 is 0. The van der Waals surface area contributed by atoms with E-state index in [1.54, 1.807) is 20.8 Å². The van der Waals surface area contributed by atoms with Gasteiger partial charge in [0.25, 0.3) is 0 Å². The Morgan fingerprint density at radius 3 is 2.24 bits per heavy atom. The number of rotatable bonds is 4. The Morgan fingerprint density at radius 2 is 1.86 bits per heavy atom. The van der Waals surface area contributed by atoms with Gasteiger partial charge in [0.1, 0.15) is 11.6 Å². The number of nitrogens with one attached hydrogen (secondary N) is 1. The van der Waals surface area contributed by atoms with Crippen LogP contribution in [-0.4, -0.2) is 36.6 Å². The molecule has 0 radical (unpaired) electrons. The summed E-state index contributed by atoms with van der Waals surface area (Å²) < 4.78 is 33.0. The van der Waals surface area contributed by atoms with E-state index in [9.17, 15) is 13.2 Å². The lowest BCUT2D eigenvalue weighted by atomic mass is 10.1. The van der Waals surface area contributed by atoms with Gasteiger partial charge in [-0.15, -0.1) is 5.10 Å². The van der Waals surface area contributed by atoms with Gasteiger partial charge in [0.15, 0.2) is 0 Å². The summed E-state index contributed by atoms with van der Waals surface area (Å²) in [6, 6.07) is -0.636. The van der Waals surface area contributed by atoms with Gasteiger partial charge in [0.05, 0.1) is 0 Å². The van der Waals surface area contributed by atoms with E-state index in [1.807, 2.05) is 13.8 Å². The van der Waals surface area contributed by atoms with Gasteiger partial charge in [0, 0.05) is 6.26 Å². The summed E-state index contributed by atoms with van der Waals surface area (Å²) in [4.78, 5) is 11.8. The number of hydrogen-bond acceptors (Lipinski definition) is 7. The molecule has 0 fully saturated rings. The maximum absolute atomic E-state index is 11.8. The monoisotopic (exact) mass is 319 g/mol. The van der Waals surface area contributed by atoms with E-state index < -0.39 is 32.8 Å². The predicted molar refractivity (Wildman–Crippen MR) is 74.4 cm³/mol. The molecule has 0 aliphatic heterocycles. The first-order valence-electron chi connectivity index (χ1n) is 6.43. The fourth-order valence-corrected chi connectivity index (χ4v) is 1.87. The minimum Gasteiger partial charge on any atom is -0.444 e. The molecule has 21 heavy (non-hydrogen) atoms. The number of hydrogen-bond donors (Lipinski definition) is 1. The maximum atomic E-state index is 11.8. The molecule has 1 amide bonds. The van der Waals surface area contributed by atoms with Crippen molar-refractivity contribution in [1.82, 2.24) is 15.5 Å².